The summed E-state index contributed by atoms with van der Waals surface area (Å²) in [6.45, 7) is 7.36. The first-order valence-corrected chi connectivity index (χ1v) is 8.39. The maximum absolute atomic E-state index is 13.4. The van der Waals surface area contributed by atoms with E-state index in [1.54, 1.807) is 11.3 Å². The average molecular weight is 356 g/mol. The van der Waals surface area contributed by atoms with E-state index >= 15 is 0 Å². The molecule has 1 N–H and O–H groups in total. The number of hydrogen-bond acceptors (Lipinski definition) is 2. The summed E-state index contributed by atoms with van der Waals surface area (Å²) in [5.41, 5.74) is 2.41. The highest BCUT2D eigenvalue weighted by molar-refractivity contribution is 9.10. The van der Waals surface area contributed by atoms with Crippen molar-refractivity contribution in [3.8, 4) is 0 Å². The summed E-state index contributed by atoms with van der Waals surface area (Å²) in [7, 11) is 0. The molecule has 1 aromatic heterocycles. The van der Waals surface area contributed by atoms with Gasteiger partial charge < -0.3 is 5.32 Å². The van der Waals surface area contributed by atoms with Gasteiger partial charge in [0.25, 0.3) is 0 Å². The summed E-state index contributed by atoms with van der Waals surface area (Å²) in [6, 6.07) is 7.60. The van der Waals surface area contributed by atoms with Crippen molar-refractivity contribution < 1.29 is 4.39 Å². The van der Waals surface area contributed by atoms with Crippen LogP contribution in [0.1, 0.15) is 40.3 Å². The number of rotatable bonds is 5. The third-order valence-corrected chi connectivity index (χ3v) is 5.17. The Balaban J connectivity index is 2.38. The third kappa shape index (κ3) is 3.48. The molecule has 0 spiro atoms. The number of halogens is 2. The monoisotopic (exact) mass is 355 g/mol. The predicted molar refractivity (Wildman–Crippen MR) is 88.0 cm³/mol. The topological polar surface area (TPSA) is 12.0 Å². The van der Waals surface area contributed by atoms with E-state index in [0.29, 0.717) is 4.47 Å². The Morgan fingerprint density at radius 1 is 1.30 bits per heavy atom. The molecule has 1 unspecified atom stereocenters. The SMILES string of the molecule is CCCNC(c1ccc(F)c(Br)c1)c1cc(C)c(C)s1. The van der Waals surface area contributed by atoms with Crippen molar-refractivity contribution in [1.29, 1.82) is 0 Å². The lowest BCUT2D eigenvalue weighted by atomic mass is 10.0. The number of hydrogen-bond donors (Lipinski definition) is 1. The molecular formula is C16H19BrFNS. The molecule has 1 atom stereocenters. The summed E-state index contributed by atoms with van der Waals surface area (Å²) < 4.78 is 13.9. The minimum Gasteiger partial charge on any atom is -0.306 e. The molecule has 0 saturated carbocycles. The van der Waals surface area contributed by atoms with Crippen LogP contribution in [0.25, 0.3) is 0 Å². The van der Waals surface area contributed by atoms with E-state index in [4.69, 9.17) is 0 Å². The summed E-state index contributed by atoms with van der Waals surface area (Å²) in [4.78, 5) is 2.62. The van der Waals surface area contributed by atoms with Gasteiger partial charge in [0.2, 0.25) is 0 Å². The fourth-order valence-corrected chi connectivity index (χ4v) is 3.65. The molecule has 0 saturated heterocycles. The molecule has 108 valence electrons. The van der Waals surface area contributed by atoms with Gasteiger partial charge in [-0.2, -0.15) is 0 Å². The Morgan fingerprint density at radius 2 is 2.05 bits per heavy atom. The normalized spacial score (nSPS) is 12.7. The van der Waals surface area contributed by atoms with Crippen molar-refractivity contribution in [2.75, 3.05) is 6.54 Å². The van der Waals surface area contributed by atoms with Crippen LogP contribution in [-0.4, -0.2) is 6.54 Å². The van der Waals surface area contributed by atoms with Crippen molar-refractivity contribution in [3.05, 3.63) is 55.4 Å². The van der Waals surface area contributed by atoms with Crippen LogP contribution in [0.2, 0.25) is 0 Å². The average Bonchev–Trinajstić information content (AvgIpc) is 2.74. The zero-order valence-corrected chi connectivity index (χ0v) is 14.4. The zero-order chi connectivity index (χ0) is 14.7. The molecule has 2 aromatic rings. The first-order chi connectivity index (χ1) is 9.52. The lowest BCUT2D eigenvalue weighted by molar-refractivity contribution is 0.596. The number of benzene rings is 1. The van der Waals surface area contributed by atoms with Gasteiger partial charge in [0.15, 0.2) is 0 Å². The molecule has 20 heavy (non-hydrogen) atoms. The molecule has 0 aliphatic carbocycles. The second-order valence-corrected chi connectivity index (χ2v) is 7.09. The van der Waals surface area contributed by atoms with E-state index in [1.165, 1.54) is 21.4 Å². The molecule has 0 aliphatic heterocycles. The van der Waals surface area contributed by atoms with Gasteiger partial charge in [-0.15, -0.1) is 11.3 Å². The second kappa shape index (κ2) is 6.83. The first kappa shape index (κ1) is 15.7. The largest absolute Gasteiger partial charge is 0.306 e. The van der Waals surface area contributed by atoms with E-state index in [0.717, 1.165) is 18.5 Å². The number of nitrogens with one attached hydrogen (secondary N) is 1. The Labute approximate surface area is 132 Å². The molecule has 1 aromatic carbocycles. The van der Waals surface area contributed by atoms with E-state index in [9.17, 15) is 4.39 Å². The van der Waals surface area contributed by atoms with E-state index in [-0.39, 0.29) is 11.9 Å². The van der Waals surface area contributed by atoms with Gasteiger partial charge in [-0.3, -0.25) is 0 Å². The summed E-state index contributed by atoms with van der Waals surface area (Å²) in [5, 5.41) is 3.56. The van der Waals surface area contributed by atoms with Crippen LogP contribution in [0.3, 0.4) is 0 Å². The van der Waals surface area contributed by atoms with Crippen LogP contribution in [0.4, 0.5) is 4.39 Å². The molecule has 0 aliphatic rings. The third-order valence-electron chi connectivity index (χ3n) is 3.35. The highest BCUT2D eigenvalue weighted by Gasteiger charge is 2.17. The van der Waals surface area contributed by atoms with Crippen molar-refractivity contribution >= 4 is 27.3 Å². The maximum Gasteiger partial charge on any atom is 0.137 e. The molecule has 1 nitrogen and oxygen atoms in total. The van der Waals surface area contributed by atoms with Crippen molar-refractivity contribution in [2.45, 2.75) is 33.2 Å². The van der Waals surface area contributed by atoms with Gasteiger partial charge in [0, 0.05) is 9.75 Å². The van der Waals surface area contributed by atoms with Gasteiger partial charge in [0.05, 0.1) is 10.5 Å². The quantitative estimate of drug-likeness (QED) is 0.761. The predicted octanol–water partition coefficient (Wildman–Crippen LogP) is 5.36. The standard InChI is InChI=1S/C16H19BrFNS/c1-4-7-19-16(15-8-10(2)11(3)20-15)12-5-6-14(18)13(17)9-12/h5-6,8-9,16,19H,4,7H2,1-3H3. The van der Waals surface area contributed by atoms with E-state index in [1.807, 2.05) is 12.1 Å². The van der Waals surface area contributed by atoms with Crippen molar-refractivity contribution in [1.82, 2.24) is 5.32 Å². The molecular weight excluding hydrogens is 337 g/mol. The molecule has 0 radical (unpaired) electrons. The lowest BCUT2D eigenvalue weighted by Gasteiger charge is -2.18. The van der Waals surface area contributed by atoms with Gasteiger partial charge in [0.1, 0.15) is 5.82 Å². The number of thiophene rings is 1. The minimum atomic E-state index is -0.221. The van der Waals surface area contributed by atoms with Gasteiger partial charge in [-0.25, -0.2) is 4.39 Å². The lowest BCUT2D eigenvalue weighted by Crippen LogP contribution is -2.22. The fraction of sp³-hybridized carbons (Fsp3) is 0.375. The zero-order valence-electron chi connectivity index (χ0n) is 12.0. The molecule has 0 bridgehead atoms. The Kier molecular flexibility index (Phi) is 5.35. The summed E-state index contributed by atoms with van der Waals surface area (Å²) >= 11 is 5.08. The van der Waals surface area contributed by atoms with Crippen LogP contribution < -0.4 is 5.32 Å². The fourth-order valence-electron chi connectivity index (χ4n) is 2.11. The van der Waals surface area contributed by atoms with Crippen molar-refractivity contribution in [2.24, 2.45) is 0 Å². The first-order valence-electron chi connectivity index (χ1n) is 6.78. The Hall–Kier alpha value is -0.710. The van der Waals surface area contributed by atoms with E-state index < -0.39 is 0 Å². The van der Waals surface area contributed by atoms with E-state index in [2.05, 4.69) is 48.1 Å². The van der Waals surface area contributed by atoms with Crippen LogP contribution in [-0.2, 0) is 0 Å². The van der Waals surface area contributed by atoms with Crippen LogP contribution in [0, 0.1) is 19.7 Å². The highest BCUT2D eigenvalue weighted by Crippen LogP contribution is 2.32. The smallest absolute Gasteiger partial charge is 0.137 e. The van der Waals surface area contributed by atoms with Crippen LogP contribution in [0.15, 0.2) is 28.7 Å². The molecule has 2 rings (SSSR count). The Bertz CT molecular complexity index is 575. The van der Waals surface area contributed by atoms with Crippen LogP contribution >= 0.6 is 27.3 Å². The minimum absolute atomic E-state index is 0.129. The Morgan fingerprint density at radius 3 is 2.60 bits per heavy atom. The molecule has 0 amide bonds. The second-order valence-electron chi connectivity index (χ2n) is 4.95. The molecule has 4 heteroatoms. The maximum atomic E-state index is 13.4. The summed E-state index contributed by atoms with van der Waals surface area (Å²) in [5.74, 6) is -0.221. The van der Waals surface area contributed by atoms with Crippen molar-refractivity contribution in [3.63, 3.8) is 0 Å². The molecule has 1 heterocycles. The molecule has 0 fully saturated rings. The summed E-state index contributed by atoms with van der Waals surface area (Å²) in [6.07, 6.45) is 1.07. The van der Waals surface area contributed by atoms with Gasteiger partial charge in [-0.1, -0.05) is 13.0 Å². The van der Waals surface area contributed by atoms with Crippen LogP contribution in [0.5, 0.6) is 0 Å². The van der Waals surface area contributed by atoms with Gasteiger partial charge >= 0.3 is 0 Å². The highest BCUT2D eigenvalue weighted by atomic mass is 79.9. The van der Waals surface area contributed by atoms with Gasteiger partial charge in [-0.05, 0) is 72.1 Å². The number of aryl methyl sites for hydroxylation is 2.